The number of rotatable bonds is 8. The van der Waals surface area contributed by atoms with E-state index in [4.69, 9.17) is 14.2 Å². The van der Waals surface area contributed by atoms with Crippen molar-refractivity contribution in [1.82, 2.24) is 24.6 Å². The smallest absolute Gasteiger partial charge is 0.268 e. The predicted molar refractivity (Wildman–Crippen MR) is 151 cm³/mol. The fourth-order valence-electron chi connectivity index (χ4n) is 5.03. The van der Waals surface area contributed by atoms with E-state index in [-0.39, 0.29) is 18.0 Å². The molecule has 4 heterocycles. The summed E-state index contributed by atoms with van der Waals surface area (Å²) >= 11 is 0. The number of fused-ring (bicyclic) bond motifs is 1. The molecule has 0 bridgehead atoms. The molecule has 0 amide bonds. The Morgan fingerprint density at radius 3 is 2.77 bits per heavy atom. The van der Waals surface area contributed by atoms with Crippen molar-refractivity contribution in [3.05, 3.63) is 75.5 Å². The van der Waals surface area contributed by atoms with Crippen molar-refractivity contribution in [1.29, 1.82) is 0 Å². The number of nitrogens with zero attached hydrogens (tertiary/aromatic N) is 5. The van der Waals surface area contributed by atoms with Crippen LogP contribution >= 0.6 is 0 Å². The maximum Gasteiger partial charge on any atom is 0.268 e. The second kappa shape index (κ2) is 11.7. The van der Waals surface area contributed by atoms with E-state index in [1.165, 1.54) is 18.5 Å². The highest BCUT2D eigenvalue weighted by Crippen LogP contribution is 2.23. The highest BCUT2D eigenvalue weighted by molar-refractivity contribution is 5.77. The average molecular weight is 527 g/mol. The number of ether oxygens (including phenoxy) is 1. The summed E-state index contributed by atoms with van der Waals surface area (Å²) in [4.78, 5) is 25.2. The Bertz CT molecular complexity index is 1560. The average Bonchev–Trinajstić information content (AvgIpc) is 3.56. The monoisotopic (exact) mass is 526 g/mol. The third-order valence-electron chi connectivity index (χ3n) is 6.98. The maximum absolute atomic E-state index is 13.5. The van der Waals surface area contributed by atoms with Gasteiger partial charge in [-0.3, -0.25) is 9.36 Å². The molecule has 39 heavy (non-hydrogen) atoms. The van der Waals surface area contributed by atoms with Gasteiger partial charge in [0, 0.05) is 35.3 Å². The Labute approximate surface area is 228 Å². The van der Waals surface area contributed by atoms with E-state index in [0.717, 1.165) is 30.0 Å². The van der Waals surface area contributed by atoms with Crippen LogP contribution in [0, 0.1) is 17.9 Å². The zero-order valence-corrected chi connectivity index (χ0v) is 22.9. The van der Waals surface area contributed by atoms with Crippen molar-refractivity contribution < 1.29 is 9.26 Å². The lowest BCUT2D eigenvalue weighted by atomic mass is 9.98. The molecule has 0 radical (unpaired) electrons. The molecule has 5 rings (SSSR count). The number of pyridine rings is 1. The van der Waals surface area contributed by atoms with Crippen LogP contribution in [0.3, 0.4) is 0 Å². The van der Waals surface area contributed by atoms with Crippen LogP contribution in [-0.4, -0.2) is 51.3 Å². The lowest BCUT2D eigenvalue weighted by Gasteiger charge is -2.13. The number of anilines is 2. The van der Waals surface area contributed by atoms with Gasteiger partial charge in [0.15, 0.2) is 0 Å². The van der Waals surface area contributed by atoms with Crippen molar-refractivity contribution >= 4 is 22.7 Å². The highest BCUT2D eigenvalue weighted by Gasteiger charge is 2.20. The quantitative estimate of drug-likeness (QED) is 0.334. The summed E-state index contributed by atoms with van der Waals surface area (Å²) in [6.07, 6.45) is 8.28. The number of benzene rings is 1. The van der Waals surface area contributed by atoms with E-state index >= 15 is 0 Å². The summed E-state index contributed by atoms with van der Waals surface area (Å²) in [7, 11) is 2.18. The van der Waals surface area contributed by atoms with Crippen LogP contribution in [0.1, 0.15) is 55.6 Å². The van der Waals surface area contributed by atoms with Gasteiger partial charge in [-0.05, 0) is 69.0 Å². The zero-order valence-electron chi connectivity index (χ0n) is 22.9. The molecular weight excluding hydrogens is 492 g/mol. The second-order valence-corrected chi connectivity index (χ2v) is 10.4. The fourth-order valence-corrected chi connectivity index (χ4v) is 5.03. The molecule has 4 aromatic rings. The first-order valence-corrected chi connectivity index (χ1v) is 13.4. The summed E-state index contributed by atoms with van der Waals surface area (Å²) in [5.41, 5.74) is 3.57. The molecule has 1 fully saturated rings. The van der Waals surface area contributed by atoms with Crippen LogP contribution in [0.5, 0.6) is 0 Å². The van der Waals surface area contributed by atoms with E-state index < -0.39 is 0 Å². The van der Waals surface area contributed by atoms with Crippen LogP contribution in [-0.2, 0) is 17.7 Å². The van der Waals surface area contributed by atoms with E-state index in [0.29, 0.717) is 35.1 Å². The Morgan fingerprint density at radius 2 is 2.05 bits per heavy atom. The van der Waals surface area contributed by atoms with Crippen LogP contribution in [0.4, 0.5) is 11.6 Å². The Hall–Kier alpha value is -4.16. The zero-order chi connectivity index (χ0) is 27.4. The van der Waals surface area contributed by atoms with Crippen LogP contribution in [0.2, 0.25) is 0 Å². The maximum atomic E-state index is 13.5. The molecule has 9 nitrogen and oxygen atoms in total. The van der Waals surface area contributed by atoms with Crippen LogP contribution in [0.25, 0.3) is 11.0 Å². The van der Waals surface area contributed by atoms with Gasteiger partial charge in [0.05, 0.1) is 24.9 Å². The molecule has 1 aliphatic heterocycles. The van der Waals surface area contributed by atoms with E-state index in [1.807, 2.05) is 32.9 Å². The van der Waals surface area contributed by atoms with E-state index in [9.17, 15) is 4.79 Å². The molecule has 0 aliphatic carbocycles. The molecule has 0 saturated carbocycles. The molecule has 1 unspecified atom stereocenters. The molecule has 1 saturated heterocycles. The predicted octanol–water partition coefficient (Wildman–Crippen LogP) is 4.53. The number of nitrogens with one attached hydrogen (secondary N) is 1. The van der Waals surface area contributed by atoms with Crippen molar-refractivity contribution in [3.63, 3.8) is 0 Å². The third-order valence-corrected chi connectivity index (χ3v) is 6.98. The standard InChI is InChI=1S/C30H34N6O3/c1-5-38-13-11-23-15-24-16-31-30(33-26-8-6-21(7-9-26)14-22-10-12-35(4)18-22)34-28(24)36(29(23)37)19-25-17-32-39-27(25)20(2)3/h6-9,15-17,20,22H,5,10,12,14,18-19H2,1-4H3,(H,31,33,34). The molecule has 1 N–H and O–H groups in total. The summed E-state index contributed by atoms with van der Waals surface area (Å²) in [5.74, 6) is 4.80. The third kappa shape index (κ3) is 6.13. The van der Waals surface area contributed by atoms with Gasteiger partial charge in [-0.2, -0.15) is 4.98 Å². The van der Waals surface area contributed by atoms with Crippen molar-refractivity contribution in [2.45, 2.75) is 46.1 Å². The van der Waals surface area contributed by atoms with Crippen molar-refractivity contribution in [3.8, 4) is 12.0 Å². The molecule has 9 heteroatoms. The van der Waals surface area contributed by atoms with Crippen molar-refractivity contribution in [2.75, 3.05) is 32.1 Å². The minimum atomic E-state index is -0.267. The number of hydrogen-bond donors (Lipinski definition) is 1. The first-order valence-electron chi connectivity index (χ1n) is 13.4. The normalized spacial score (nSPS) is 15.5. The largest absolute Gasteiger partial charge is 0.447 e. The molecule has 1 aromatic carbocycles. The van der Waals surface area contributed by atoms with E-state index in [2.05, 4.69) is 51.6 Å². The Balaban J connectivity index is 1.45. The summed E-state index contributed by atoms with van der Waals surface area (Å²) in [5, 5.41) is 7.95. The molecule has 0 spiro atoms. The minimum absolute atomic E-state index is 0.120. The van der Waals surface area contributed by atoms with E-state index in [1.54, 1.807) is 23.0 Å². The van der Waals surface area contributed by atoms with Gasteiger partial charge in [-0.1, -0.05) is 31.1 Å². The molecule has 3 aromatic heterocycles. The summed E-state index contributed by atoms with van der Waals surface area (Å²) < 4.78 is 12.2. The van der Waals surface area contributed by atoms with Gasteiger partial charge >= 0.3 is 0 Å². The SMILES string of the molecule is CCOC#Cc1cc2cnc(Nc3ccc(CC4CCN(C)C4)cc3)nc2n(Cc2cnoc2C(C)C)c1=O. The molecular formula is C30H34N6O3. The minimum Gasteiger partial charge on any atom is -0.447 e. The topological polar surface area (TPSA) is 98.3 Å². The fraction of sp³-hybridized carbons (Fsp3) is 0.400. The van der Waals surface area contributed by atoms with Gasteiger partial charge in [0.1, 0.15) is 17.5 Å². The Kier molecular flexibility index (Phi) is 7.94. The number of likely N-dealkylation sites (tertiary alicyclic amines) is 1. The van der Waals surface area contributed by atoms with Crippen LogP contribution in [0.15, 0.2) is 52.0 Å². The molecule has 1 atom stereocenters. The van der Waals surface area contributed by atoms with Crippen molar-refractivity contribution in [2.24, 2.45) is 5.92 Å². The summed E-state index contributed by atoms with van der Waals surface area (Å²) in [6.45, 7) is 8.90. The summed E-state index contributed by atoms with van der Waals surface area (Å²) in [6, 6.07) is 10.1. The first-order chi connectivity index (χ1) is 18.9. The number of hydrogen-bond acceptors (Lipinski definition) is 8. The lowest BCUT2D eigenvalue weighted by molar-refractivity contribution is 0.299. The van der Waals surface area contributed by atoms with Gasteiger partial charge in [0.25, 0.3) is 5.56 Å². The van der Waals surface area contributed by atoms with Gasteiger partial charge in [-0.15, -0.1) is 0 Å². The van der Waals surface area contributed by atoms with Crippen LogP contribution < -0.4 is 10.9 Å². The molecule has 1 aliphatic rings. The second-order valence-electron chi connectivity index (χ2n) is 10.4. The first kappa shape index (κ1) is 26.4. The van der Waals surface area contributed by atoms with Gasteiger partial charge in [0.2, 0.25) is 5.95 Å². The Morgan fingerprint density at radius 1 is 1.23 bits per heavy atom. The van der Waals surface area contributed by atoms with Gasteiger partial charge < -0.3 is 19.5 Å². The lowest BCUT2D eigenvalue weighted by Crippen LogP contribution is -2.25. The van der Waals surface area contributed by atoms with Gasteiger partial charge in [-0.25, -0.2) is 4.98 Å². The highest BCUT2D eigenvalue weighted by atomic mass is 16.5. The molecule has 202 valence electrons. The number of aromatic nitrogens is 4.